The van der Waals surface area contributed by atoms with Crippen molar-refractivity contribution >= 4 is 17.4 Å². The van der Waals surface area contributed by atoms with Gasteiger partial charge in [-0.25, -0.2) is 4.98 Å². The third-order valence-electron chi connectivity index (χ3n) is 4.14. The molecule has 2 aromatic rings. The Hall–Kier alpha value is -2.51. The number of ether oxygens (including phenoxy) is 1. The number of aromatic nitrogens is 2. The molecule has 1 amide bonds. The molecule has 3 heterocycles. The second kappa shape index (κ2) is 8.04. The molecule has 1 atom stereocenters. The first-order valence-corrected chi connectivity index (χ1v) is 8.31. The quantitative estimate of drug-likeness (QED) is 0.890. The zero-order valence-corrected chi connectivity index (χ0v) is 14.6. The zero-order valence-electron chi connectivity index (χ0n) is 14.6. The van der Waals surface area contributed by atoms with Crippen molar-refractivity contribution in [3.63, 3.8) is 0 Å². The van der Waals surface area contributed by atoms with Crippen LogP contribution in [0, 0.1) is 0 Å². The average molecular weight is 341 g/mol. The molecule has 1 fully saturated rings. The van der Waals surface area contributed by atoms with Crippen LogP contribution in [0.1, 0.15) is 11.6 Å². The van der Waals surface area contributed by atoms with Crippen molar-refractivity contribution in [3.05, 3.63) is 48.4 Å². The molecule has 0 radical (unpaired) electrons. The highest BCUT2D eigenvalue weighted by Gasteiger charge is 2.23. The summed E-state index contributed by atoms with van der Waals surface area (Å²) in [4.78, 5) is 25.3. The summed E-state index contributed by atoms with van der Waals surface area (Å²) in [5, 5.41) is 2.89. The first-order chi connectivity index (χ1) is 12.1. The number of hydrogen-bond donors (Lipinski definition) is 1. The van der Waals surface area contributed by atoms with Gasteiger partial charge in [0.25, 0.3) is 0 Å². The first kappa shape index (κ1) is 17.3. The Morgan fingerprint density at radius 3 is 2.64 bits per heavy atom. The smallest absolute Gasteiger partial charge is 0.247 e. The summed E-state index contributed by atoms with van der Waals surface area (Å²) in [5.41, 5.74) is 1.88. The molecule has 0 unspecified atom stereocenters. The monoisotopic (exact) mass is 341 g/mol. The summed E-state index contributed by atoms with van der Waals surface area (Å²) in [6.07, 6.45) is 5.19. The van der Waals surface area contributed by atoms with Crippen molar-refractivity contribution in [2.45, 2.75) is 6.04 Å². The van der Waals surface area contributed by atoms with E-state index in [1.807, 2.05) is 43.3 Å². The highest BCUT2D eigenvalue weighted by molar-refractivity contribution is 5.94. The minimum Gasteiger partial charge on any atom is -0.378 e. The van der Waals surface area contributed by atoms with Gasteiger partial charge in [-0.05, 0) is 37.9 Å². The van der Waals surface area contributed by atoms with Crippen LogP contribution in [0.15, 0.2) is 42.9 Å². The fourth-order valence-corrected chi connectivity index (χ4v) is 2.88. The largest absolute Gasteiger partial charge is 0.378 e. The number of pyridine rings is 2. The molecular formula is C18H23N5O2. The van der Waals surface area contributed by atoms with Crippen molar-refractivity contribution < 1.29 is 9.53 Å². The lowest BCUT2D eigenvalue weighted by atomic mass is 10.1. The Morgan fingerprint density at radius 1 is 1.24 bits per heavy atom. The maximum Gasteiger partial charge on any atom is 0.247 e. The summed E-state index contributed by atoms with van der Waals surface area (Å²) in [6.45, 7) is 3.18. The highest BCUT2D eigenvalue weighted by Crippen LogP contribution is 2.20. The fraction of sp³-hybridized carbons (Fsp3) is 0.389. The van der Waals surface area contributed by atoms with Gasteiger partial charge < -0.3 is 15.0 Å². The molecule has 0 saturated carbocycles. The number of morpholine rings is 1. The van der Waals surface area contributed by atoms with Crippen LogP contribution in [0.5, 0.6) is 0 Å². The van der Waals surface area contributed by atoms with E-state index >= 15 is 0 Å². The van der Waals surface area contributed by atoms with Crippen LogP contribution >= 0.6 is 0 Å². The number of amides is 1. The average Bonchev–Trinajstić information content (AvgIpc) is 2.64. The SMILES string of the molecule is CN(C)[C@H](C(=O)Nc1ccc(N2CCOCC2)cn1)c1cccnc1. The lowest BCUT2D eigenvalue weighted by molar-refractivity contribution is -0.120. The maximum absolute atomic E-state index is 12.7. The third kappa shape index (κ3) is 4.32. The van der Waals surface area contributed by atoms with Crippen molar-refractivity contribution in [2.24, 2.45) is 0 Å². The molecule has 3 rings (SSSR count). The molecule has 2 aromatic heterocycles. The third-order valence-corrected chi connectivity index (χ3v) is 4.14. The zero-order chi connectivity index (χ0) is 17.6. The maximum atomic E-state index is 12.7. The van der Waals surface area contributed by atoms with Crippen molar-refractivity contribution in [1.82, 2.24) is 14.9 Å². The molecule has 7 nitrogen and oxygen atoms in total. The van der Waals surface area contributed by atoms with E-state index in [9.17, 15) is 4.79 Å². The number of hydrogen-bond acceptors (Lipinski definition) is 6. The van der Waals surface area contributed by atoms with Gasteiger partial charge in [-0.3, -0.25) is 14.7 Å². The van der Waals surface area contributed by atoms with Gasteiger partial charge in [0, 0.05) is 25.5 Å². The summed E-state index contributed by atoms with van der Waals surface area (Å²) in [7, 11) is 3.73. The summed E-state index contributed by atoms with van der Waals surface area (Å²) in [6, 6.07) is 7.11. The summed E-state index contributed by atoms with van der Waals surface area (Å²) >= 11 is 0. The van der Waals surface area contributed by atoms with Gasteiger partial charge in [0.15, 0.2) is 0 Å². The standard InChI is InChI=1S/C18H23N5O2/c1-22(2)17(14-4-3-7-19-12-14)18(24)21-16-6-5-15(13-20-16)23-8-10-25-11-9-23/h3-7,12-13,17H,8-11H2,1-2H3,(H,20,21,24)/t17-/m0/s1. The van der Waals surface area contributed by atoms with Crippen molar-refractivity contribution in [1.29, 1.82) is 0 Å². The van der Waals surface area contributed by atoms with Gasteiger partial charge in [-0.15, -0.1) is 0 Å². The van der Waals surface area contributed by atoms with Gasteiger partial charge in [0.1, 0.15) is 11.9 Å². The van der Waals surface area contributed by atoms with Crippen LogP contribution in [0.25, 0.3) is 0 Å². The number of nitrogens with zero attached hydrogens (tertiary/aromatic N) is 4. The first-order valence-electron chi connectivity index (χ1n) is 8.31. The Morgan fingerprint density at radius 2 is 2.04 bits per heavy atom. The Kier molecular flexibility index (Phi) is 5.57. The molecule has 0 aliphatic carbocycles. The Bertz CT molecular complexity index is 684. The number of rotatable bonds is 5. The molecule has 0 spiro atoms. The van der Waals surface area contributed by atoms with Crippen LogP contribution in [0.2, 0.25) is 0 Å². The molecule has 0 aromatic carbocycles. The van der Waals surface area contributed by atoms with Crippen LogP contribution in [-0.4, -0.2) is 61.2 Å². The molecular weight excluding hydrogens is 318 g/mol. The number of likely N-dealkylation sites (N-methyl/N-ethyl adjacent to an activating group) is 1. The van der Waals surface area contributed by atoms with Gasteiger partial charge in [-0.1, -0.05) is 6.07 Å². The number of anilines is 2. The minimum atomic E-state index is -0.422. The number of carbonyl (C=O) groups excluding carboxylic acids is 1. The lowest BCUT2D eigenvalue weighted by Crippen LogP contribution is -2.36. The van der Waals surface area contributed by atoms with Gasteiger partial charge in [0.05, 0.1) is 25.1 Å². The Labute approximate surface area is 147 Å². The summed E-state index contributed by atoms with van der Waals surface area (Å²) in [5.74, 6) is 0.405. The molecule has 1 aliphatic rings. The second-order valence-corrected chi connectivity index (χ2v) is 6.14. The second-order valence-electron chi connectivity index (χ2n) is 6.14. The van der Waals surface area contributed by atoms with Crippen molar-refractivity contribution in [2.75, 3.05) is 50.6 Å². The number of carbonyl (C=O) groups is 1. The minimum absolute atomic E-state index is 0.135. The molecule has 132 valence electrons. The van der Waals surface area contributed by atoms with Crippen LogP contribution in [0.4, 0.5) is 11.5 Å². The Balaban J connectivity index is 1.69. The van der Waals surface area contributed by atoms with Gasteiger partial charge in [-0.2, -0.15) is 0 Å². The predicted molar refractivity (Wildman–Crippen MR) is 96.6 cm³/mol. The van der Waals surface area contributed by atoms with Gasteiger partial charge in [0.2, 0.25) is 5.91 Å². The van der Waals surface area contributed by atoms with Crippen LogP contribution in [0.3, 0.4) is 0 Å². The highest BCUT2D eigenvalue weighted by atomic mass is 16.5. The van der Waals surface area contributed by atoms with E-state index in [1.54, 1.807) is 18.6 Å². The number of nitrogens with one attached hydrogen (secondary N) is 1. The predicted octanol–water partition coefficient (Wildman–Crippen LogP) is 1.55. The molecule has 1 saturated heterocycles. The molecule has 0 bridgehead atoms. The van der Waals surface area contributed by atoms with Crippen molar-refractivity contribution in [3.8, 4) is 0 Å². The van der Waals surface area contributed by atoms with Crippen LogP contribution in [-0.2, 0) is 9.53 Å². The fourth-order valence-electron chi connectivity index (χ4n) is 2.88. The van der Waals surface area contributed by atoms with E-state index in [-0.39, 0.29) is 5.91 Å². The van der Waals surface area contributed by atoms with E-state index in [1.165, 1.54) is 0 Å². The van der Waals surface area contributed by atoms with E-state index in [2.05, 4.69) is 20.2 Å². The molecule has 1 aliphatic heterocycles. The van der Waals surface area contributed by atoms with E-state index in [0.29, 0.717) is 5.82 Å². The normalized spacial score (nSPS) is 15.9. The molecule has 1 N–H and O–H groups in total. The molecule has 7 heteroatoms. The van der Waals surface area contributed by atoms with E-state index in [4.69, 9.17) is 4.74 Å². The van der Waals surface area contributed by atoms with Gasteiger partial charge >= 0.3 is 0 Å². The lowest BCUT2D eigenvalue weighted by Gasteiger charge is -2.28. The van der Waals surface area contributed by atoms with E-state index < -0.39 is 6.04 Å². The van der Waals surface area contributed by atoms with Crippen LogP contribution < -0.4 is 10.2 Å². The molecule has 25 heavy (non-hydrogen) atoms. The topological polar surface area (TPSA) is 70.6 Å². The van der Waals surface area contributed by atoms with E-state index in [0.717, 1.165) is 37.6 Å². The summed E-state index contributed by atoms with van der Waals surface area (Å²) < 4.78 is 5.36.